The van der Waals surface area contributed by atoms with Crippen LogP contribution in [0.5, 0.6) is 0 Å². The average molecular weight is 252 g/mol. The fraction of sp³-hybridized carbons (Fsp3) is 0.154. The van der Waals surface area contributed by atoms with Crippen molar-refractivity contribution in [1.29, 1.82) is 0 Å². The lowest BCUT2D eigenvalue weighted by Crippen LogP contribution is -1.95. The standard InChI is InChI=1S/C13H10F2O3/c1-6-3-10(15)8(5-9(6)14)11-4-7(2)12(18-11)13(16)17/h3-5H,1-2H3,(H,16,17). The first-order chi connectivity index (χ1) is 8.40. The van der Waals surface area contributed by atoms with E-state index in [1.165, 1.54) is 19.9 Å². The van der Waals surface area contributed by atoms with Crippen LogP contribution in [0.15, 0.2) is 22.6 Å². The first-order valence-electron chi connectivity index (χ1n) is 5.20. The molecule has 0 fully saturated rings. The Morgan fingerprint density at radius 3 is 2.33 bits per heavy atom. The number of halogens is 2. The molecule has 1 aromatic carbocycles. The highest BCUT2D eigenvalue weighted by Crippen LogP contribution is 2.29. The molecule has 18 heavy (non-hydrogen) atoms. The second kappa shape index (κ2) is 4.25. The number of carboxylic acids is 1. The molecule has 1 aromatic heterocycles. The monoisotopic (exact) mass is 252 g/mol. The van der Waals surface area contributed by atoms with Crippen molar-refractivity contribution in [3.8, 4) is 11.3 Å². The molecule has 0 unspecified atom stereocenters. The number of hydrogen-bond donors (Lipinski definition) is 1. The van der Waals surface area contributed by atoms with Gasteiger partial charge in [-0.2, -0.15) is 0 Å². The predicted octanol–water partition coefficient (Wildman–Crippen LogP) is 3.54. The van der Waals surface area contributed by atoms with Gasteiger partial charge in [-0.25, -0.2) is 13.6 Å². The SMILES string of the molecule is Cc1cc(F)c(-c2cc(C)c(C(=O)O)o2)cc1F. The number of hydrogen-bond acceptors (Lipinski definition) is 2. The van der Waals surface area contributed by atoms with Crippen molar-refractivity contribution in [2.75, 3.05) is 0 Å². The minimum absolute atomic E-state index is 0.00120. The second-order valence-electron chi connectivity index (χ2n) is 4.01. The number of aryl methyl sites for hydroxylation is 2. The van der Waals surface area contributed by atoms with Crippen molar-refractivity contribution < 1.29 is 23.1 Å². The molecular formula is C13H10F2O3. The van der Waals surface area contributed by atoms with Crippen molar-refractivity contribution in [2.24, 2.45) is 0 Å². The van der Waals surface area contributed by atoms with Crippen LogP contribution >= 0.6 is 0 Å². The zero-order valence-electron chi connectivity index (χ0n) is 9.75. The largest absolute Gasteiger partial charge is 0.475 e. The fourth-order valence-electron chi connectivity index (χ4n) is 1.66. The molecule has 0 aliphatic carbocycles. The maximum absolute atomic E-state index is 13.7. The van der Waals surface area contributed by atoms with Gasteiger partial charge in [-0.05, 0) is 37.6 Å². The summed E-state index contributed by atoms with van der Waals surface area (Å²) in [5.41, 5.74) is 0.449. The van der Waals surface area contributed by atoms with E-state index in [0.29, 0.717) is 5.56 Å². The summed E-state index contributed by atoms with van der Waals surface area (Å²) in [6.07, 6.45) is 0. The van der Waals surface area contributed by atoms with Crippen molar-refractivity contribution in [1.82, 2.24) is 0 Å². The molecule has 2 aromatic rings. The summed E-state index contributed by atoms with van der Waals surface area (Å²) in [5, 5.41) is 8.83. The Morgan fingerprint density at radius 2 is 1.78 bits per heavy atom. The van der Waals surface area contributed by atoms with E-state index < -0.39 is 17.6 Å². The summed E-state index contributed by atoms with van der Waals surface area (Å²) in [4.78, 5) is 10.8. The first kappa shape index (κ1) is 12.3. The molecule has 0 saturated carbocycles. The molecule has 2 rings (SSSR count). The molecular weight excluding hydrogens is 242 g/mol. The van der Waals surface area contributed by atoms with Gasteiger partial charge < -0.3 is 9.52 Å². The molecule has 0 spiro atoms. The lowest BCUT2D eigenvalue weighted by atomic mass is 10.1. The normalized spacial score (nSPS) is 10.7. The van der Waals surface area contributed by atoms with Crippen LogP contribution in [0.25, 0.3) is 11.3 Å². The summed E-state index contributed by atoms with van der Waals surface area (Å²) in [7, 11) is 0. The average Bonchev–Trinajstić information content (AvgIpc) is 2.65. The van der Waals surface area contributed by atoms with Crippen molar-refractivity contribution in [3.63, 3.8) is 0 Å². The molecule has 0 radical (unpaired) electrons. The Morgan fingerprint density at radius 1 is 1.11 bits per heavy atom. The molecule has 0 atom stereocenters. The van der Waals surface area contributed by atoms with Crippen LogP contribution in [0.2, 0.25) is 0 Å². The third-order valence-electron chi connectivity index (χ3n) is 2.63. The van der Waals surface area contributed by atoms with Gasteiger partial charge in [0.05, 0.1) is 5.56 Å². The quantitative estimate of drug-likeness (QED) is 0.889. The Balaban J connectivity index is 2.59. The minimum Gasteiger partial charge on any atom is -0.475 e. The highest BCUT2D eigenvalue weighted by atomic mass is 19.1. The van der Waals surface area contributed by atoms with E-state index in [1.54, 1.807) is 0 Å². The zero-order chi connectivity index (χ0) is 13.4. The van der Waals surface area contributed by atoms with Gasteiger partial charge in [0.2, 0.25) is 5.76 Å². The number of aromatic carboxylic acids is 1. The molecule has 1 N–H and O–H groups in total. The smallest absolute Gasteiger partial charge is 0.372 e. The molecule has 0 aliphatic rings. The maximum atomic E-state index is 13.7. The molecule has 0 amide bonds. The first-order valence-corrected chi connectivity index (χ1v) is 5.20. The molecule has 94 valence electrons. The van der Waals surface area contributed by atoms with Gasteiger partial charge in [0.25, 0.3) is 0 Å². The third-order valence-corrected chi connectivity index (χ3v) is 2.63. The van der Waals surface area contributed by atoms with E-state index in [2.05, 4.69) is 0 Å². The van der Waals surface area contributed by atoms with E-state index >= 15 is 0 Å². The summed E-state index contributed by atoms with van der Waals surface area (Å²) in [5.74, 6) is -2.74. The fourth-order valence-corrected chi connectivity index (χ4v) is 1.66. The summed E-state index contributed by atoms with van der Waals surface area (Å²) in [6.45, 7) is 2.97. The van der Waals surface area contributed by atoms with Gasteiger partial charge in [0, 0.05) is 5.56 Å². The lowest BCUT2D eigenvalue weighted by Gasteiger charge is -2.02. The second-order valence-corrected chi connectivity index (χ2v) is 4.01. The van der Waals surface area contributed by atoms with Gasteiger partial charge >= 0.3 is 5.97 Å². The van der Waals surface area contributed by atoms with Crippen molar-refractivity contribution >= 4 is 5.97 Å². The molecule has 0 bridgehead atoms. The Bertz CT molecular complexity index is 629. The minimum atomic E-state index is -1.24. The van der Waals surface area contributed by atoms with Crippen LogP contribution in [0.1, 0.15) is 21.7 Å². The topological polar surface area (TPSA) is 50.4 Å². The van der Waals surface area contributed by atoms with E-state index in [9.17, 15) is 13.6 Å². The number of benzene rings is 1. The van der Waals surface area contributed by atoms with Crippen LogP contribution in [-0.2, 0) is 0 Å². The molecule has 0 aliphatic heterocycles. The Kier molecular flexibility index (Phi) is 2.90. The van der Waals surface area contributed by atoms with E-state index in [0.717, 1.165) is 12.1 Å². The van der Waals surface area contributed by atoms with Gasteiger partial charge in [-0.1, -0.05) is 0 Å². The highest BCUT2D eigenvalue weighted by molar-refractivity contribution is 5.87. The molecule has 5 heteroatoms. The zero-order valence-corrected chi connectivity index (χ0v) is 9.75. The van der Waals surface area contributed by atoms with Gasteiger partial charge in [0.1, 0.15) is 17.4 Å². The number of carboxylic acid groups (broad SMARTS) is 1. The van der Waals surface area contributed by atoms with Gasteiger partial charge in [-0.3, -0.25) is 0 Å². The summed E-state index contributed by atoms with van der Waals surface area (Å²) < 4.78 is 32.1. The molecule has 0 saturated heterocycles. The third kappa shape index (κ3) is 1.99. The lowest BCUT2D eigenvalue weighted by molar-refractivity contribution is 0.0662. The molecule has 3 nitrogen and oxygen atoms in total. The Labute approximate surface area is 102 Å². The van der Waals surface area contributed by atoms with Crippen molar-refractivity contribution in [3.05, 3.63) is 46.7 Å². The summed E-state index contributed by atoms with van der Waals surface area (Å²) in [6, 6.07) is 3.41. The number of rotatable bonds is 2. The number of carbonyl (C=O) groups is 1. The van der Waals surface area contributed by atoms with E-state index in [1.807, 2.05) is 0 Å². The summed E-state index contributed by atoms with van der Waals surface area (Å²) >= 11 is 0. The van der Waals surface area contributed by atoms with Gasteiger partial charge in [0.15, 0.2) is 0 Å². The predicted molar refractivity (Wildman–Crippen MR) is 60.5 cm³/mol. The Hall–Kier alpha value is -2.17. The molecule has 1 heterocycles. The van der Waals surface area contributed by atoms with Crippen LogP contribution in [-0.4, -0.2) is 11.1 Å². The highest BCUT2D eigenvalue weighted by Gasteiger charge is 2.18. The van der Waals surface area contributed by atoms with Crippen LogP contribution < -0.4 is 0 Å². The van der Waals surface area contributed by atoms with Crippen LogP contribution in [0.4, 0.5) is 8.78 Å². The van der Waals surface area contributed by atoms with E-state index in [4.69, 9.17) is 9.52 Å². The van der Waals surface area contributed by atoms with Crippen LogP contribution in [0.3, 0.4) is 0 Å². The maximum Gasteiger partial charge on any atom is 0.372 e. The van der Waals surface area contributed by atoms with E-state index in [-0.39, 0.29) is 22.6 Å². The van der Waals surface area contributed by atoms with Crippen molar-refractivity contribution in [2.45, 2.75) is 13.8 Å². The van der Waals surface area contributed by atoms with Gasteiger partial charge in [-0.15, -0.1) is 0 Å². The number of furan rings is 1. The van der Waals surface area contributed by atoms with Crippen LogP contribution in [0, 0.1) is 25.5 Å².